The van der Waals surface area contributed by atoms with Gasteiger partial charge in [0.25, 0.3) is 0 Å². The Morgan fingerprint density at radius 2 is 1.81 bits per heavy atom. The first-order valence-corrected chi connectivity index (χ1v) is 9.70. The predicted molar refractivity (Wildman–Crippen MR) is 107 cm³/mol. The minimum absolute atomic E-state index is 0.268. The third-order valence-electron chi connectivity index (χ3n) is 5.53. The summed E-state index contributed by atoms with van der Waals surface area (Å²) < 4.78 is 11.3. The second-order valence-corrected chi connectivity index (χ2v) is 7.43. The van der Waals surface area contributed by atoms with Crippen LogP contribution in [-0.4, -0.2) is 26.8 Å². The first kappa shape index (κ1) is 18.9. The van der Waals surface area contributed by atoms with Gasteiger partial charge in [0.15, 0.2) is 0 Å². The Morgan fingerprint density at radius 1 is 1.04 bits per heavy atom. The molecule has 1 N–H and O–H groups in total. The lowest BCUT2D eigenvalue weighted by Crippen LogP contribution is -2.40. The zero-order chi connectivity index (χ0) is 18.2. The molecule has 140 valence electrons. The van der Waals surface area contributed by atoms with Crippen LogP contribution in [0.25, 0.3) is 0 Å². The van der Waals surface area contributed by atoms with E-state index in [0.717, 1.165) is 31.9 Å². The maximum absolute atomic E-state index is 5.99. The Hall–Kier alpha value is -1.84. The molecule has 0 radical (unpaired) electrons. The van der Waals surface area contributed by atoms with Crippen LogP contribution in [0.2, 0.25) is 0 Å². The Kier molecular flexibility index (Phi) is 6.70. The van der Waals surface area contributed by atoms with Crippen molar-refractivity contribution in [2.45, 2.75) is 44.6 Å². The summed E-state index contributed by atoms with van der Waals surface area (Å²) in [4.78, 5) is 0. The molecule has 3 heteroatoms. The molecule has 2 aromatic rings. The van der Waals surface area contributed by atoms with Gasteiger partial charge >= 0.3 is 0 Å². The molecule has 26 heavy (non-hydrogen) atoms. The van der Waals surface area contributed by atoms with Crippen molar-refractivity contribution in [2.75, 3.05) is 26.8 Å². The number of benzene rings is 2. The maximum Gasteiger partial charge on any atom is 0.119 e. The molecule has 1 aliphatic heterocycles. The average Bonchev–Trinajstić information content (AvgIpc) is 2.69. The van der Waals surface area contributed by atoms with Crippen molar-refractivity contribution in [3.8, 4) is 5.75 Å². The molecule has 1 heterocycles. The zero-order valence-electron chi connectivity index (χ0n) is 16.1. The van der Waals surface area contributed by atoms with Gasteiger partial charge in [-0.1, -0.05) is 42.0 Å². The summed E-state index contributed by atoms with van der Waals surface area (Å²) >= 11 is 0. The standard InChI is InChI=1S/C23H31NO2/c1-19-7-9-22(10-8-19)26-18-20-5-3-6-21(17-20)23(11-4-16-25-2)12-14-24-15-13-23/h3,5-10,17,24H,4,11-16,18H2,1-2H3. The molecular weight excluding hydrogens is 322 g/mol. The SMILES string of the molecule is COCCCC1(c2cccc(COc3ccc(C)cc3)c2)CCNCC1. The number of methoxy groups -OCH3 is 1. The summed E-state index contributed by atoms with van der Waals surface area (Å²) in [5.74, 6) is 0.928. The van der Waals surface area contributed by atoms with E-state index in [1.807, 2.05) is 12.1 Å². The molecule has 0 aromatic heterocycles. The van der Waals surface area contributed by atoms with Crippen molar-refractivity contribution in [2.24, 2.45) is 0 Å². The lowest BCUT2D eigenvalue weighted by Gasteiger charge is -2.38. The van der Waals surface area contributed by atoms with E-state index in [0.29, 0.717) is 6.61 Å². The van der Waals surface area contributed by atoms with Gasteiger partial charge in [0.2, 0.25) is 0 Å². The number of hydrogen-bond donors (Lipinski definition) is 1. The minimum atomic E-state index is 0.268. The van der Waals surface area contributed by atoms with Gasteiger partial charge in [0, 0.05) is 13.7 Å². The molecule has 0 atom stereocenters. The number of piperidine rings is 1. The van der Waals surface area contributed by atoms with Gasteiger partial charge in [-0.15, -0.1) is 0 Å². The number of ether oxygens (including phenoxy) is 2. The Labute approximate surface area is 157 Å². The van der Waals surface area contributed by atoms with Crippen LogP contribution in [0, 0.1) is 6.92 Å². The molecule has 0 bridgehead atoms. The number of hydrogen-bond acceptors (Lipinski definition) is 3. The van der Waals surface area contributed by atoms with Gasteiger partial charge in [-0.3, -0.25) is 0 Å². The molecule has 3 rings (SSSR count). The van der Waals surface area contributed by atoms with Gasteiger partial charge in [-0.25, -0.2) is 0 Å². The number of aryl methyl sites for hydroxylation is 1. The molecule has 0 spiro atoms. The highest BCUT2D eigenvalue weighted by molar-refractivity contribution is 5.32. The highest BCUT2D eigenvalue weighted by Gasteiger charge is 2.33. The van der Waals surface area contributed by atoms with E-state index in [1.165, 1.54) is 36.0 Å². The predicted octanol–water partition coefficient (Wildman–Crippen LogP) is 4.62. The van der Waals surface area contributed by atoms with Crippen molar-refractivity contribution < 1.29 is 9.47 Å². The van der Waals surface area contributed by atoms with Crippen molar-refractivity contribution in [1.29, 1.82) is 0 Å². The summed E-state index contributed by atoms with van der Waals surface area (Å²) in [6.07, 6.45) is 4.68. The molecule has 1 fully saturated rings. The molecule has 0 amide bonds. The summed E-state index contributed by atoms with van der Waals surface area (Å²) in [5, 5.41) is 3.51. The molecule has 0 aliphatic carbocycles. The lowest BCUT2D eigenvalue weighted by molar-refractivity contribution is 0.174. The van der Waals surface area contributed by atoms with Gasteiger partial charge in [-0.05, 0) is 74.4 Å². The molecule has 0 saturated carbocycles. The van der Waals surface area contributed by atoms with Gasteiger partial charge in [-0.2, -0.15) is 0 Å². The summed E-state index contributed by atoms with van der Waals surface area (Å²) in [5.41, 5.74) is 4.22. The van der Waals surface area contributed by atoms with E-state index in [-0.39, 0.29) is 5.41 Å². The van der Waals surface area contributed by atoms with Crippen molar-refractivity contribution in [3.63, 3.8) is 0 Å². The third-order valence-corrected chi connectivity index (χ3v) is 5.53. The Morgan fingerprint density at radius 3 is 2.54 bits per heavy atom. The topological polar surface area (TPSA) is 30.5 Å². The molecule has 0 unspecified atom stereocenters. The summed E-state index contributed by atoms with van der Waals surface area (Å²) in [7, 11) is 1.79. The molecular formula is C23H31NO2. The van der Waals surface area contributed by atoms with Crippen LogP contribution >= 0.6 is 0 Å². The zero-order valence-corrected chi connectivity index (χ0v) is 16.1. The van der Waals surface area contributed by atoms with E-state index >= 15 is 0 Å². The minimum Gasteiger partial charge on any atom is -0.489 e. The van der Waals surface area contributed by atoms with Gasteiger partial charge < -0.3 is 14.8 Å². The van der Waals surface area contributed by atoms with E-state index in [9.17, 15) is 0 Å². The van der Waals surface area contributed by atoms with Crippen LogP contribution in [-0.2, 0) is 16.8 Å². The Balaban J connectivity index is 1.71. The third kappa shape index (κ3) is 4.87. The molecule has 1 saturated heterocycles. The smallest absolute Gasteiger partial charge is 0.119 e. The molecule has 3 nitrogen and oxygen atoms in total. The van der Waals surface area contributed by atoms with Crippen molar-refractivity contribution in [1.82, 2.24) is 5.32 Å². The van der Waals surface area contributed by atoms with Crippen molar-refractivity contribution in [3.05, 3.63) is 65.2 Å². The highest BCUT2D eigenvalue weighted by Crippen LogP contribution is 2.38. The van der Waals surface area contributed by atoms with Crippen LogP contribution in [0.15, 0.2) is 48.5 Å². The van der Waals surface area contributed by atoms with Crippen LogP contribution in [0.5, 0.6) is 5.75 Å². The molecule has 2 aromatic carbocycles. The van der Waals surface area contributed by atoms with Gasteiger partial charge in [0.1, 0.15) is 12.4 Å². The van der Waals surface area contributed by atoms with E-state index in [1.54, 1.807) is 7.11 Å². The quantitative estimate of drug-likeness (QED) is 0.702. The fourth-order valence-corrected chi connectivity index (χ4v) is 3.94. The average molecular weight is 354 g/mol. The van der Waals surface area contributed by atoms with Crippen LogP contribution in [0.3, 0.4) is 0 Å². The fourth-order valence-electron chi connectivity index (χ4n) is 3.94. The van der Waals surface area contributed by atoms with E-state index in [2.05, 4.69) is 48.6 Å². The molecule has 1 aliphatic rings. The first-order chi connectivity index (χ1) is 12.7. The van der Waals surface area contributed by atoms with Crippen LogP contribution < -0.4 is 10.1 Å². The van der Waals surface area contributed by atoms with E-state index in [4.69, 9.17) is 9.47 Å². The van der Waals surface area contributed by atoms with E-state index < -0.39 is 0 Å². The maximum atomic E-state index is 5.99. The second kappa shape index (κ2) is 9.20. The normalized spacial score (nSPS) is 16.4. The first-order valence-electron chi connectivity index (χ1n) is 9.70. The monoisotopic (exact) mass is 353 g/mol. The number of rotatable bonds is 8. The number of nitrogens with one attached hydrogen (secondary N) is 1. The summed E-state index contributed by atoms with van der Waals surface area (Å²) in [6.45, 7) is 5.73. The largest absolute Gasteiger partial charge is 0.489 e. The fraction of sp³-hybridized carbons (Fsp3) is 0.478. The van der Waals surface area contributed by atoms with Gasteiger partial charge in [0.05, 0.1) is 0 Å². The van der Waals surface area contributed by atoms with Crippen LogP contribution in [0.1, 0.15) is 42.4 Å². The second-order valence-electron chi connectivity index (χ2n) is 7.43. The Bertz CT molecular complexity index is 675. The highest BCUT2D eigenvalue weighted by atomic mass is 16.5. The van der Waals surface area contributed by atoms with Crippen molar-refractivity contribution >= 4 is 0 Å². The summed E-state index contributed by atoms with van der Waals surface area (Å²) in [6, 6.07) is 17.3. The van der Waals surface area contributed by atoms with Crippen LogP contribution in [0.4, 0.5) is 0 Å². The lowest BCUT2D eigenvalue weighted by atomic mass is 9.70.